The maximum atomic E-state index is 12.5. The van der Waals surface area contributed by atoms with Crippen molar-refractivity contribution in [2.45, 2.75) is 19.8 Å². The first-order valence-electron chi connectivity index (χ1n) is 8.55. The molecule has 0 saturated carbocycles. The van der Waals surface area contributed by atoms with Gasteiger partial charge in [0.1, 0.15) is 0 Å². The molecule has 0 spiro atoms. The van der Waals surface area contributed by atoms with Crippen molar-refractivity contribution in [2.75, 3.05) is 25.0 Å². The van der Waals surface area contributed by atoms with Crippen molar-refractivity contribution in [1.82, 2.24) is 4.90 Å². The maximum absolute atomic E-state index is 12.5. The summed E-state index contributed by atoms with van der Waals surface area (Å²) >= 11 is 0. The SMILES string of the molecule is CCN(CC)C(=O)c1ccc(NC(=O)C(CN)c2ccccc2)cc1. The predicted octanol–water partition coefficient (Wildman–Crippen LogP) is 2.85. The van der Waals surface area contributed by atoms with Crippen LogP contribution in [-0.2, 0) is 4.79 Å². The van der Waals surface area contributed by atoms with Gasteiger partial charge in [0.2, 0.25) is 5.91 Å². The van der Waals surface area contributed by atoms with Gasteiger partial charge in [0.25, 0.3) is 5.91 Å². The van der Waals surface area contributed by atoms with Crippen LogP contribution in [0.5, 0.6) is 0 Å². The Morgan fingerprint density at radius 3 is 2.12 bits per heavy atom. The Balaban J connectivity index is 2.07. The molecule has 1 atom stereocenters. The van der Waals surface area contributed by atoms with Crippen LogP contribution in [0.15, 0.2) is 54.6 Å². The minimum Gasteiger partial charge on any atom is -0.339 e. The number of benzene rings is 2. The Bertz CT molecular complexity index is 695. The van der Waals surface area contributed by atoms with Crippen LogP contribution in [0.3, 0.4) is 0 Å². The zero-order valence-electron chi connectivity index (χ0n) is 14.7. The van der Waals surface area contributed by atoms with Crippen molar-refractivity contribution in [3.05, 3.63) is 65.7 Å². The van der Waals surface area contributed by atoms with Crippen LogP contribution in [0.4, 0.5) is 5.69 Å². The van der Waals surface area contributed by atoms with Gasteiger partial charge < -0.3 is 16.0 Å². The number of amides is 2. The quantitative estimate of drug-likeness (QED) is 0.814. The molecule has 0 aliphatic heterocycles. The van der Waals surface area contributed by atoms with Gasteiger partial charge >= 0.3 is 0 Å². The maximum Gasteiger partial charge on any atom is 0.253 e. The molecule has 0 aromatic heterocycles. The molecule has 1 unspecified atom stereocenters. The highest BCUT2D eigenvalue weighted by Gasteiger charge is 2.19. The summed E-state index contributed by atoms with van der Waals surface area (Å²) < 4.78 is 0. The normalized spacial score (nSPS) is 11.6. The molecule has 3 N–H and O–H groups in total. The van der Waals surface area contributed by atoms with Gasteiger partial charge in [-0.3, -0.25) is 9.59 Å². The lowest BCUT2D eigenvalue weighted by Gasteiger charge is -2.19. The molecule has 2 rings (SSSR count). The van der Waals surface area contributed by atoms with Crippen LogP contribution in [0.1, 0.15) is 35.7 Å². The summed E-state index contributed by atoms with van der Waals surface area (Å²) in [7, 11) is 0. The number of carbonyl (C=O) groups excluding carboxylic acids is 2. The fourth-order valence-electron chi connectivity index (χ4n) is 2.70. The zero-order valence-corrected chi connectivity index (χ0v) is 14.7. The van der Waals surface area contributed by atoms with E-state index in [4.69, 9.17) is 5.73 Å². The van der Waals surface area contributed by atoms with E-state index in [9.17, 15) is 9.59 Å². The van der Waals surface area contributed by atoms with Gasteiger partial charge in [0.05, 0.1) is 5.92 Å². The molecular formula is C20H25N3O2. The molecule has 5 heteroatoms. The molecule has 2 amide bonds. The zero-order chi connectivity index (χ0) is 18.2. The van der Waals surface area contributed by atoms with Gasteiger partial charge in [0, 0.05) is 30.9 Å². The number of nitrogens with two attached hydrogens (primary N) is 1. The van der Waals surface area contributed by atoms with Crippen LogP contribution < -0.4 is 11.1 Å². The standard InChI is InChI=1S/C20H25N3O2/c1-3-23(4-2)20(25)16-10-12-17(13-11-16)22-19(24)18(14-21)15-8-6-5-7-9-15/h5-13,18H,3-4,14,21H2,1-2H3,(H,22,24). The van der Waals surface area contributed by atoms with Crippen LogP contribution in [0.25, 0.3) is 0 Å². The Hall–Kier alpha value is -2.66. The van der Waals surface area contributed by atoms with Crippen molar-refractivity contribution in [1.29, 1.82) is 0 Å². The van der Waals surface area contributed by atoms with Crippen molar-refractivity contribution < 1.29 is 9.59 Å². The van der Waals surface area contributed by atoms with Crippen LogP contribution in [0, 0.1) is 0 Å². The van der Waals surface area contributed by atoms with E-state index in [1.165, 1.54) is 0 Å². The smallest absolute Gasteiger partial charge is 0.253 e. The minimum absolute atomic E-state index is 0.00741. The topological polar surface area (TPSA) is 75.4 Å². The number of anilines is 1. The van der Waals surface area contributed by atoms with Gasteiger partial charge in [-0.05, 0) is 43.7 Å². The van der Waals surface area contributed by atoms with Gasteiger partial charge in [-0.25, -0.2) is 0 Å². The van der Waals surface area contributed by atoms with E-state index in [0.717, 1.165) is 5.56 Å². The van der Waals surface area contributed by atoms with E-state index in [-0.39, 0.29) is 18.4 Å². The Morgan fingerprint density at radius 1 is 1.00 bits per heavy atom. The lowest BCUT2D eigenvalue weighted by atomic mass is 9.98. The molecular weight excluding hydrogens is 314 g/mol. The Kier molecular flexibility index (Phi) is 6.71. The summed E-state index contributed by atoms with van der Waals surface area (Å²) in [6.07, 6.45) is 0. The average Bonchev–Trinajstić information content (AvgIpc) is 2.64. The molecule has 25 heavy (non-hydrogen) atoms. The minimum atomic E-state index is -0.404. The molecule has 0 heterocycles. The summed E-state index contributed by atoms with van der Waals surface area (Å²) in [6.45, 7) is 5.47. The third-order valence-electron chi connectivity index (χ3n) is 4.20. The monoisotopic (exact) mass is 339 g/mol. The highest BCUT2D eigenvalue weighted by Crippen LogP contribution is 2.18. The first-order valence-corrected chi connectivity index (χ1v) is 8.55. The van der Waals surface area contributed by atoms with Gasteiger partial charge in [-0.2, -0.15) is 0 Å². The van der Waals surface area contributed by atoms with Crippen LogP contribution in [0.2, 0.25) is 0 Å². The summed E-state index contributed by atoms with van der Waals surface area (Å²) in [5, 5.41) is 2.87. The van der Waals surface area contributed by atoms with Gasteiger partial charge in [-0.15, -0.1) is 0 Å². The largest absolute Gasteiger partial charge is 0.339 e. The van der Waals surface area contributed by atoms with E-state index >= 15 is 0 Å². The molecule has 5 nitrogen and oxygen atoms in total. The number of nitrogens with one attached hydrogen (secondary N) is 1. The van der Waals surface area contributed by atoms with E-state index in [1.54, 1.807) is 29.2 Å². The van der Waals surface area contributed by atoms with Gasteiger partial charge in [0.15, 0.2) is 0 Å². The Labute approximate surface area is 148 Å². The van der Waals surface area contributed by atoms with Crippen LogP contribution >= 0.6 is 0 Å². The summed E-state index contributed by atoms with van der Waals surface area (Å²) in [4.78, 5) is 26.6. The molecule has 0 aliphatic rings. The first-order chi connectivity index (χ1) is 12.1. The third kappa shape index (κ3) is 4.67. The second-order valence-corrected chi connectivity index (χ2v) is 5.74. The van der Waals surface area contributed by atoms with Crippen molar-refractivity contribution >= 4 is 17.5 Å². The lowest BCUT2D eigenvalue weighted by molar-refractivity contribution is -0.117. The van der Waals surface area contributed by atoms with E-state index in [1.807, 2.05) is 44.2 Å². The average molecular weight is 339 g/mol. The third-order valence-corrected chi connectivity index (χ3v) is 4.20. The lowest BCUT2D eigenvalue weighted by Crippen LogP contribution is -2.30. The molecule has 0 aliphatic carbocycles. The van der Waals surface area contributed by atoms with Crippen molar-refractivity contribution in [2.24, 2.45) is 5.73 Å². The van der Waals surface area contributed by atoms with Crippen LogP contribution in [-0.4, -0.2) is 36.3 Å². The fourth-order valence-corrected chi connectivity index (χ4v) is 2.70. The van der Waals surface area contributed by atoms with E-state index < -0.39 is 5.92 Å². The number of hydrogen-bond donors (Lipinski definition) is 2. The molecule has 0 bridgehead atoms. The predicted molar refractivity (Wildman–Crippen MR) is 101 cm³/mol. The summed E-state index contributed by atoms with van der Waals surface area (Å²) in [5.74, 6) is -0.568. The molecule has 2 aromatic carbocycles. The number of hydrogen-bond acceptors (Lipinski definition) is 3. The highest BCUT2D eigenvalue weighted by molar-refractivity contribution is 5.97. The van der Waals surface area contributed by atoms with E-state index in [0.29, 0.717) is 24.3 Å². The second-order valence-electron chi connectivity index (χ2n) is 5.74. The highest BCUT2D eigenvalue weighted by atomic mass is 16.2. The summed E-state index contributed by atoms with van der Waals surface area (Å²) in [6, 6.07) is 16.4. The van der Waals surface area contributed by atoms with E-state index in [2.05, 4.69) is 5.32 Å². The number of nitrogens with zero attached hydrogens (tertiary/aromatic N) is 1. The molecule has 0 fully saturated rings. The molecule has 0 saturated heterocycles. The first kappa shape index (κ1) is 18.7. The molecule has 0 radical (unpaired) electrons. The second kappa shape index (κ2) is 8.99. The molecule has 132 valence electrons. The summed E-state index contributed by atoms with van der Waals surface area (Å²) in [5.41, 5.74) is 7.92. The molecule has 2 aromatic rings. The number of carbonyl (C=O) groups is 2. The number of rotatable bonds is 7. The van der Waals surface area contributed by atoms with Gasteiger partial charge in [-0.1, -0.05) is 30.3 Å². The van der Waals surface area contributed by atoms with Crippen molar-refractivity contribution in [3.8, 4) is 0 Å². The fraction of sp³-hybridized carbons (Fsp3) is 0.300. The van der Waals surface area contributed by atoms with Crippen molar-refractivity contribution in [3.63, 3.8) is 0 Å². The Morgan fingerprint density at radius 2 is 1.60 bits per heavy atom.